The lowest BCUT2D eigenvalue weighted by Crippen LogP contribution is -1.94. The molecule has 0 aliphatic heterocycles. The monoisotopic (exact) mass is 214 g/mol. The Balaban J connectivity index is 2.30. The maximum absolute atomic E-state index is 5.85. The zero-order valence-corrected chi connectivity index (χ0v) is 9.10. The number of nitrogen functional groups attached to an aromatic ring is 2. The first kappa shape index (κ1) is 10.4. The molecule has 2 rings (SSSR count). The topological polar surface area (TPSA) is 61.3 Å². The van der Waals surface area contributed by atoms with Crippen LogP contribution in [0.1, 0.15) is 5.56 Å². The Morgan fingerprint density at radius 1 is 0.938 bits per heavy atom. The van der Waals surface area contributed by atoms with E-state index in [4.69, 9.17) is 16.2 Å². The van der Waals surface area contributed by atoms with Crippen molar-refractivity contribution in [3.05, 3.63) is 48.0 Å². The van der Waals surface area contributed by atoms with E-state index >= 15 is 0 Å². The summed E-state index contributed by atoms with van der Waals surface area (Å²) < 4.78 is 5.71. The first-order valence-electron chi connectivity index (χ1n) is 5.05. The van der Waals surface area contributed by atoms with E-state index in [1.165, 1.54) is 0 Å². The van der Waals surface area contributed by atoms with E-state index in [0.717, 1.165) is 11.3 Å². The smallest absolute Gasteiger partial charge is 0.153 e. The van der Waals surface area contributed by atoms with Gasteiger partial charge in [-0.2, -0.15) is 0 Å². The molecule has 3 heteroatoms. The second kappa shape index (κ2) is 4.14. The van der Waals surface area contributed by atoms with Crippen molar-refractivity contribution in [1.29, 1.82) is 0 Å². The average molecular weight is 214 g/mol. The van der Waals surface area contributed by atoms with Gasteiger partial charge in [-0.1, -0.05) is 12.1 Å². The molecule has 16 heavy (non-hydrogen) atoms. The molecule has 0 aromatic heterocycles. The van der Waals surface area contributed by atoms with Crippen LogP contribution in [0.3, 0.4) is 0 Å². The predicted molar refractivity (Wildman–Crippen MR) is 66.5 cm³/mol. The van der Waals surface area contributed by atoms with Crippen LogP contribution in [0.2, 0.25) is 0 Å². The van der Waals surface area contributed by atoms with Crippen LogP contribution in [0, 0.1) is 6.92 Å². The molecule has 0 aliphatic rings. The number of hydrogen-bond acceptors (Lipinski definition) is 3. The van der Waals surface area contributed by atoms with Gasteiger partial charge in [-0.15, -0.1) is 0 Å². The molecule has 0 saturated carbocycles. The minimum atomic E-state index is 0.636. The van der Waals surface area contributed by atoms with Crippen LogP contribution in [0.5, 0.6) is 11.5 Å². The van der Waals surface area contributed by atoms with Crippen molar-refractivity contribution in [2.45, 2.75) is 6.92 Å². The highest BCUT2D eigenvalue weighted by Gasteiger charge is 2.04. The van der Waals surface area contributed by atoms with Gasteiger partial charge in [0.2, 0.25) is 0 Å². The van der Waals surface area contributed by atoms with Crippen molar-refractivity contribution in [2.24, 2.45) is 0 Å². The predicted octanol–water partition coefficient (Wildman–Crippen LogP) is 2.95. The normalized spacial score (nSPS) is 10.1. The van der Waals surface area contributed by atoms with Crippen molar-refractivity contribution in [1.82, 2.24) is 0 Å². The second-order valence-electron chi connectivity index (χ2n) is 3.66. The summed E-state index contributed by atoms with van der Waals surface area (Å²) in [5.41, 5.74) is 13.8. The fraction of sp³-hybridized carbons (Fsp3) is 0.0769. The fourth-order valence-corrected chi connectivity index (χ4v) is 1.47. The third-order valence-electron chi connectivity index (χ3n) is 2.34. The molecule has 0 atom stereocenters. The summed E-state index contributed by atoms with van der Waals surface area (Å²) >= 11 is 0. The van der Waals surface area contributed by atoms with Crippen LogP contribution in [-0.4, -0.2) is 0 Å². The van der Waals surface area contributed by atoms with Crippen molar-refractivity contribution in [3.63, 3.8) is 0 Å². The molecule has 0 radical (unpaired) electrons. The standard InChI is InChI=1S/C13H14N2O/c1-9-3-2-4-12(15)13(9)16-11-7-5-10(14)6-8-11/h2-8H,14-15H2,1H3. The Kier molecular flexibility index (Phi) is 2.68. The molecule has 0 aliphatic carbocycles. The molecule has 0 unspecified atom stereocenters. The van der Waals surface area contributed by atoms with Gasteiger partial charge in [-0.3, -0.25) is 0 Å². The van der Waals surface area contributed by atoms with Crippen LogP contribution in [0.25, 0.3) is 0 Å². The third kappa shape index (κ3) is 2.08. The van der Waals surface area contributed by atoms with Gasteiger partial charge in [0.05, 0.1) is 5.69 Å². The van der Waals surface area contributed by atoms with E-state index in [-0.39, 0.29) is 0 Å². The molecular weight excluding hydrogens is 200 g/mol. The largest absolute Gasteiger partial charge is 0.455 e. The van der Waals surface area contributed by atoms with Crippen molar-refractivity contribution >= 4 is 11.4 Å². The number of ether oxygens (including phenoxy) is 1. The van der Waals surface area contributed by atoms with Crippen molar-refractivity contribution in [2.75, 3.05) is 11.5 Å². The van der Waals surface area contributed by atoms with Gasteiger partial charge >= 0.3 is 0 Å². The maximum Gasteiger partial charge on any atom is 0.153 e. The Bertz CT molecular complexity index is 472. The highest BCUT2D eigenvalue weighted by molar-refractivity contribution is 5.58. The van der Waals surface area contributed by atoms with Crippen molar-refractivity contribution < 1.29 is 4.74 Å². The Hall–Kier alpha value is -2.16. The third-order valence-corrected chi connectivity index (χ3v) is 2.34. The van der Waals surface area contributed by atoms with Crippen LogP contribution in [0.4, 0.5) is 11.4 Å². The van der Waals surface area contributed by atoms with Crippen molar-refractivity contribution in [3.8, 4) is 11.5 Å². The van der Waals surface area contributed by atoms with Crippen LogP contribution in [0.15, 0.2) is 42.5 Å². The summed E-state index contributed by atoms with van der Waals surface area (Å²) in [5, 5.41) is 0. The van der Waals surface area contributed by atoms with E-state index in [2.05, 4.69) is 0 Å². The molecule has 2 aromatic carbocycles. The quantitative estimate of drug-likeness (QED) is 0.755. The molecule has 0 heterocycles. The number of anilines is 2. The molecule has 0 fully saturated rings. The molecule has 3 nitrogen and oxygen atoms in total. The second-order valence-corrected chi connectivity index (χ2v) is 3.66. The minimum Gasteiger partial charge on any atom is -0.455 e. The van der Waals surface area contributed by atoms with E-state index < -0.39 is 0 Å². The SMILES string of the molecule is Cc1cccc(N)c1Oc1ccc(N)cc1. The zero-order chi connectivity index (χ0) is 11.5. The molecule has 0 saturated heterocycles. The number of benzene rings is 2. The van der Waals surface area contributed by atoms with Gasteiger partial charge in [0.25, 0.3) is 0 Å². The van der Waals surface area contributed by atoms with Crippen LogP contribution >= 0.6 is 0 Å². The summed E-state index contributed by atoms with van der Waals surface area (Å²) in [5.74, 6) is 1.43. The lowest BCUT2D eigenvalue weighted by Gasteiger charge is -2.11. The first-order valence-corrected chi connectivity index (χ1v) is 5.05. The van der Waals surface area contributed by atoms with Gasteiger partial charge in [-0.05, 0) is 42.8 Å². The number of hydrogen-bond donors (Lipinski definition) is 2. The molecule has 0 bridgehead atoms. The van der Waals surface area contributed by atoms with Crippen LogP contribution < -0.4 is 16.2 Å². The Labute approximate surface area is 94.6 Å². The number of para-hydroxylation sites is 1. The van der Waals surface area contributed by atoms with E-state index in [1.54, 1.807) is 12.1 Å². The lowest BCUT2D eigenvalue weighted by molar-refractivity contribution is 0.481. The van der Waals surface area contributed by atoms with E-state index in [0.29, 0.717) is 17.1 Å². The number of nitrogens with two attached hydrogens (primary N) is 2. The van der Waals surface area contributed by atoms with Gasteiger partial charge < -0.3 is 16.2 Å². The summed E-state index contributed by atoms with van der Waals surface area (Å²) in [7, 11) is 0. The summed E-state index contributed by atoms with van der Waals surface area (Å²) in [4.78, 5) is 0. The molecule has 82 valence electrons. The van der Waals surface area contributed by atoms with E-state index in [9.17, 15) is 0 Å². The first-order chi connectivity index (χ1) is 7.66. The lowest BCUT2D eigenvalue weighted by atomic mass is 10.2. The molecule has 2 aromatic rings. The number of rotatable bonds is 2. The molecule has 4 N–H and O–H groups in total. The van der Waals surface area contributed by atoms with Crippen LogP contribution in [-0.2, 0) is 0 Å². The van der Waals surface area contributed by atoms with Gasteiger partial charge in [0, 0.05) is 5.69 Å². The average Bonchev–Trinajstić information content (AvgIpc) is 2.26. The summed E-state index contributed by atoms with van der Waals surface area (Å²) in [6, 6.07) is 12.9. The van der Waals surface area contributed by atoms with Gasteiger partial charge in [0.1, 0.15) is 5.75 Å². The van der Waals surface area contributed by atoms with Gasteiger partial charge in [0.15, 0.2) is 5.75 Å². The Morgan fingerprint density at radius 2 is 1.62 bits per heavy atom. The summed E-state index contributed by atoms with van der Waals surface area (Å²) in [6.45, 7) is 1.96. The molecule has 0 amide bonds. The number of aryl methyl sites for hydroxylation is 1. The molecular formula is C13H14N2O. The summed E-state index contributed by atoms with van der Waals surface area (Å²) in [6.07, 6.45) is 0. The maximum atomic E-state index is 5.85. The highest BCUT2D eigenvalue weighted by Crippen LogP contribution is 2.30. The van der Waals surface area contributed by atoms with Gasteiger partial charge in [-0.25, -0.2) is 0 Å². The highest BCUT2D eigenvalue weighted by atomic mass is 16.5. The minimum absolute atomic E-state index is 0.636. The van der Waals surface area contributed by atoms with E-state index in [1.807, 2.05) is 37.3 Å². The zero-order valence-electron chi connectivity index (χ0n) is 9.10. The fourth-order valence-electron chi connectivity index (χ4n) is 1.47. The Morgan fingerprint density at radius 3 is 2.25 bits per heavy atom. The molecule has 0 spiro atoms.